The Balaban J connectivity index is 4.05. The molecule has 0 amide bonds. The average molecular weight is 230 g/mol. The number of hydrogen-bond acceptors (Lipinski definition) is 4. The summed E-state index contributed by atoms with van der Waals surface area (Å²) in [5.41, 5.74) is -1.65. The molecule has 0 radical (unpaired) electrons. The highest BCUT2D eigenvalue weighted by Crippen LogP contribution is 2.19. The molecule has 0 spiro atoms. The molecular weight excluding hydrogens is 208 g/mol. The van der Waals surface area contributed by atoms with Crippen molar-refractivity contribution in [3.8, 4) is 0 Å². The zero-order valence-corrected chi connectivity index (χ0v) is 10.5. The molecule has 0 aromatic heterocycles. The molecule has 0 saturated heterocycles. The standard InChI is InChI=1S/C12H22O4/c1-9(2)10(13)16-8-12(5,15)7-6-11(3,4)14/h14-15H,1,6-8H2,2-5H3. The predicted molar refractivity (Wildman–Crippen MR) is 61.9 cm³/mol. The molecule has 4 heteroatoms. The number of ether oxygens (including phenoxy) is 1. The van der Waals surface area contributed by atoms with E-state index in [2.05, 4.69) is 6.58 Å². The van der Waals surface area contributed by atoms with Crippen LogP contribution in [-0.2, 0) is 9.53 Å². The van der Waals surface area contributed by atoms with Crippen molar-refractivity contribution in [1.82, 2.24) is 0 Å². The molecule has 1 unspecified atom stereocenters. The third kappa shape index (κ3) is 7.43. The Morgan fingerprint density at radius 2 is 1.75 bits per heavy atom. The molecule has 0 aromatic carbocycles. The van der Waals surface area contributed by atoms with Gasteiger partial charge in [0.2, 0.25) is 0 Å². The molecule has 0 heterocycles. The first-order chi connectivity index (χ1) is 7.03. The molecule has 0 saturated carbocycles. The van der Waals surface area contributed by atoms with Gasteiger partial charge >= 0.3 is 5.97 Å². The number of esters is 1. The van der Waals surface area contributed by atoms with Gasteiger partial charge in [0.25, 0.3) is 0 Å². The van der Waals surface area contributed by atoms with E-state index in [0.29, 0.717) is 18.4 Å². The maximum absolute atomic E-state index is 11.1. The molecular formula is C12H22O4. The summed E-state index contributed by atoms with van der Waals surface area (Å²) < 4.78 is 4.86. The molecule has 0 fully saturated rings. The highest BCUT2D eigenvalue weighted by atomic mass is 16.5. The average Bonchev–Trinajstić information content (AvgIpc) is 2.10. The maximum Gasteiger partial charge on any atom is 0.333 e. The summed E-state index contributed by atoms with van der Waals surface area (Å²) >= 11 is 0. The van der Waals surface area contributed by atoms with Crippen molar-refractivity contribution in [3.05, 3.63) is 12.2 Å². The van der Waals surface area contributed by atoms with Gasteiger partial charge in [-0.3, -0.25) is 0 Å². The Morgan fingerprint density at radius 1 is 1.25 bits per heavy atom. The number of rotatable bonds is 6. The van der Waals surface area contributed by atoms with Gasteiger partial charge in [0.15, 0.2) is 0 Å². The lowest BCUT2D eigenvalue weighted by molar-refractivity contribution is -0.146. The largest absolute Gasteiger partial charge is 0.459 e. The van der Waals surface area contributed by atoms with Crippen LogP contribution in [0.15, 0.2) is 12.2 Å². The van der Waals surface area contributed by atoms with E-state index in [0.717, 1.165) is 0 Å². The van der Waals surface area contributed by atoms with Crippen molar-refractivity contribution < 1.29 is 19.7 Å². The second-order valence-electron chi connectivity index (χ2n) is 5.17. The summed E-state index contributed by atoms with van der Waals surface area (Å²) in [5.74, 6) is -0.511. The first-order valence-electron chi connectivity index (χ1n) is 5.31. The number of hydrogen-bond donors (Lipinski definition) is 2. The van der Waals surface area contributed by atoms with E-state index < -0.39 is 17.2 Å². The van der Waals surface area contributed by atoms with E-state index in [-0.39, 0.29) is 6.61 Å². The summed E-state index contributed by atoms with van der Waals surface area (Å²) in [6, 6.07) is 0. The van der Waals surface area contributed by atoms with Gasteiger partial charge in [0.05, 0.1) is 11.2 Å². The topological polar surface area (TPSA) is 66.8 Å². The van der Waals surface area contributed by atoms with E-state index in [1.54, 1.807) is 27.7 Å². The van der Waals surface area contributed by atoms with Crippen LogP contribution in [0.1, 0.15) is 40.5 Å². The van der Waals surface area contributed by atoms with Crippen LogP contribution in [0, 0.1) is 0 Å². The smallest absolute Gasteiger partial charge is 0.333 e. The van der Waals surface area contributed by atoms with Crippen LogP contribution in [0.25, 0.3) is 0 Å². The lowest BCUT2D eigenvalue weighted by Crippen LogP contribution is -2.34. The minimum Gasteiger partial charge on any atom is -0.459 e. The van der Waals surface area contributed by atoms with E-state index in [1.807, 2.05) is 0 Å². The molecule has 0 bridgehead atoms. The summed E-state index contributed by atoms with van der Waals surface area (Å²) in [5, 5.41) is 19.4. The fraction of sp³-hybridized carbons (Fsp3) is 0.750. The van der Waals surface area contributed by atoms with Crippen LogP contribution < -0.4 is 0 Å². The Bertz CT molecular complexity index is 261. The minimum absolute atomic E-state index is 0.0885. The van der Waals surface area contributed by atoms with Gasteiger partial charge in [-0.1, -0.05) is 6.58 Å². The van der Waals surface area contributed by atoms with Gasteiger partial charge in [0, 0.05) is 5.57 Å². The Hall–Kier alpha value is -0.870. The third-order valence-electron chi connectivity index (χ3n) is 2.14. The van der Waals surface area contributed by atoms with Crippen LogP contribution in [0.5, 0.6) is 0 Å². The maximum atomic E-state index is 11.1. The second-order valence-corrected chi connectivity index (χ2v) is 5.17. The Labute approximate surface area is 96.9 Å². The monoisotopic (exact) mass is 230 g/mol. The van der Waals surface area contributed by atoms with E-state index in [1.165, 1.54) is 0 Å². The van der Waals surface area contributed by atoms with Crippen molar-refractivity contribution in [3.63, 3.8) is 0 Å². The Kier molecular flexibility index (Phi) is 5.16. The summed E-state index contributed by atoms with van der Waals surface area (Å²) in [6.07, 6.45) is 0.796. The van der Waals surface area contributed by atoms with E-state index in [9.17, 15) is 15.0 Å². The molecule has 0 aliphatic rings. The van der Waals surface area contributed by atoms with Gasteiger partial charge in [-0.25, -0.2) is 4.79 Å². The van der Waals surface area contributed by atoms with Crippen molar-refractivity contribution in [2.24, 2.45) is 0 Å². The van der Waals surface area contributed by atoms with Crippen molar-refractivity contribution >= 4 is 5.97 Å². The molecule has 0 aliphatic heterocycles. The molecule has 0 aromatic rings. The van der Waals surface area contributed by atoms with Gasteiger partial charge in [-0.15, -0.1) is 0 Å². The summed E-state index contributed by atoms with van der Waals surface area (Å²) in [6.45, 7) is 9.82. The fourth-order valence-corrected chi connectivity index (χ4v) is 0.992. The van der Waals surface area contributed by atoms with Crippen LogP contribution in [-0.4, -0.2) is 34.0 Å². The van der Waals surface area contributed by atoms with Crippen LogP contribution >= 0.6 is 0 Å². The van der Waals surface area contributed by atoms with Gasteiger partial charge in [-0.2, -0.15) is 0 Å². The normalized spacial score (nSPS) is 15.4. The third-order valence-corrected chi connectivity index (χ3v) is 2.14. The molecule has 0 aliphatic carbocycles. The predicted octanol–water partition coefficient (Wildman–Crippen LogP) is 1.41. The molecule has 1 atom stereocenters. The highest BCUT2D eigenvalue weighted by molar-refractivity contribution is 5.86. The lowest BCUT2D eigenvalue weighted by Gasteiger charge is -2.26. The van der Waals surface area contributed by atoms with Crippen LogP contribution in [0.3, 0.4) is 0 Å². The quantitative estimate of drug-likeness (QED) is 0.535. The lowest BCUT2D eigenvalue weighted by atomic mass is 9.93. The fourth-order valence-electron chi connectivity index (χ4n) is 0.992. The molecule has 16 heavy (non-hydrogen) atoms. The van der Waals surface area contributed by atoms with Crippen LogP contribution in [0.4, 0.5) is 0 Å². The van der Waals surface area contributed by atoms with E-state index >= 15 is 0 Å². The van der Waals surface area contributed by atoms with Crippen molar-refractivity contribution in [2.45, 2.75) is 51.7 Å². The van der Waals surface area contributed by atoms with Crippen molar-refractivity contribution in [1.29, 1.82) is 0 Å². The SMILES string of the molecule is C=C(C)C(=O)OCC(C)(O)CCC(C)(C)O. The number of carbonyl (C=O) groups excluding carboxylic acids is 1. The van der Waals surface area contributed by atoms with Gasteiger partial charge < -0.3 is 14.9 Å². The second kappa shape index (κ2) is 5.46. The molecule has 4 nitrogen and oxygen atoms in total. The zero-order valence-electron chi connectivity index (χ0n) is 10.5. The molecule has 0 rings (SSSR count). The van der Waals surface area contributed by atoms with Crippen molar-refractivity contribution in [2.75, 3.05) is 6.61 Å². The molecule has 2 N–H and O–H groups in total. The first kappa shape index (κ1) is 15.1. The van der Waals surface area contributed by atoms with Gasteiger partial charge in [0.1, 0.15) is 6.61 Å². The number of carbonyl (C=O) groups is 1. The number of aliphatic hydroxyl groups is 2. The Morgan fingerprint density at radius 3 is 2.12 bits per heavy atom. The minimum atomic E-state index is -1.12. The highest BCUT2D eigenvalue weighted by Gasteiger charge is 2.26. The zero-order chi connectivity index (χ0) is 13.0. The van der Waals surface area contributed by atoms with Crippen LogP contribution in [0.2, 0.25) is 0 Å². The molecule has 94 valence electrons. The summed E-state index contributed by atoms with van der Waals surface area (Å²) in [7, 11) is 0. The van der Waals surface area contributed by atoms with Gasteiger partial charge in [-0.05, 0) is 40.5 Å². The summed E-state index contributed by atoms with van der Waals surface area (Å²) in [4.78, 5) is 11.1. The van der Waals surface area contributed by atoms with E-state index in [4.69, 9.17) is 4.74 Å². The first-order valence-corrected chi connectivity index (χ1v) is 5.31.